The standard InChI is InChI=1S/C21H21F3N2O5/c1-11-10-14-16(19(27)26(11)8-9-29-2)15(17(18(25)31-14)20(28)30-3)12-4-6-13(7-5-12)21(22,23)24/h4-7,10,15H,8-9,25H2,1-3H3. The largest absolute Gasteiger partial charge is 0.465 e. The second-order valence-corrected chi connectivity index (χ2v) is 6.94. The number of fused-ring (bicyclic) bond motifs is 1. The lowest BCUT2D eigenvalue weighted by Gasteiger charge is -2.29. The minimum absolute atomic E-state index is 0.0797. The highest BCUT2D eigenvalue weighted by atomic mass is 19.4. The Balaban J connectivity index is 2.25. The van der Waals surface area contributed by atoms with Gasteiger partial charge >= 0.3 is 12.1 Å². The van der Waals surface area contributed by atoms with E-state index < -0.39 is 29.2 Å². The van der Waals surface area contributed by atoms with Crippen molar-refractivity contribution in [1.29, 1.82) is 0 Å². The van der Waals surface area contributed by atoms with Gasteiger partial charge in [0.05, 0.1) is 30.8 Å². The molecule has 1 aromatic carbocycles. The van der Waals surface area contributed by atoms with Crippen molar-refractivity contribution >= 4 is 5.97 Å². The molecule has 0 saturated heterocycles. The van der Waals surface area contributed by atoms with Crippen LogP contribution >= 0.6 is 0 Å². The van der Waals surface area contributed by atoms with Crippen LogP contribution in [0, 0.1) is 6.92 Å². The third kappa shape index (κ3) is 4.15. The summed E-state index contributed by atoms with van der Waals surface area (Å²) in [6.45, 7) is 2.19. The van der Waals surface area contributed by atoms with Crippen molar-refractivity contribution in [1.82, 2.24) is 4.57 Å². The van der Waals surface area contributed by atoms with Gasteiger partial charge in [-0.25, -0.2) is 4.79 Å². The summed E-state index contributed by atoms with van der Waals surface area (Å²) in [4.78, 5) is 25.8. The number of aromatic nitrogens is 1. The average Bonchev–Trinajstić information content (AvgIpc) is 2.71. The molecule has 1 aliphatic rings. The number of nitrogens with zero attached hydrogens (tertiary/aromatic N) is 1. The van der Waals surface area contributed by atoms with Crippen molar-refractivity contribution in [3.63, 3.8) is 0 Å². The number of benzene rings is 1. The second kappa shape index (κ2) is 8.46. The van der Waals surface area contributed by atoms with Gasteiger partial charge in [0.25, 0.3) is 5.56 Å². The highest BCUT2D eigenvalue weighted by Gasteiger charge is 2.39. The number of carbonyl (C=O) groups is 1. The molecule has 7 nitrogen and oxygen atoms in total. The highest BCUT2D eigenvalue weighted by Crippen LogP contribution is 2.42. The molecule has 2 heterocycles. The van der Waals surface area contributed by atoms with Gasteiger partial charge in [0, 0.05) is 25.4 Å². The van der Waals surface area contributed by atoms with Crippen LogP contribution in [0.5, 0.6) is 5.75 Å². The lowest BCUT2D eigenvalue weighted by molar-refractivity contribution is -0.138. The Morgan fingerprint density at radius 2 is 1.87 bits per heavy atom. The number of pyridine rings is 1. The van der Waals surface area contributed by atoms with E-state index in [2.05, 4.69) is 0 Å². The molecule has 1 aliphatic heterocycles. The fourth-order valence-electron chi connectivity index (χ4n) is 3.55. The van der Waals surface area contributed by atoms with Crippen LogP contribution in [-0.2, 0) is 27.0 Å². The molecule has 1 unspecified atom stereocenters. The first-order valence-electron chi connectivity index (χ1n) is 9.26. The van der Waals surface area contributed by atoms with Crippen LogP contribution in [0.4, 0.5) is 13.2 Å². The summed E-state index contributed by atoms with van der Waals surface area (Å²) in [7, 11) is 2.62. The molecular weight excluding hydrogens is 417 g/mol. The highest BCUT2D eigenvalue weighted by molar-refractivity contribution is 5.92. The zero-order valence-corrected chi connectivity index (χ0v) is 17.1. The van der Waals surface area contributed by atoms with Crippen molar-refractivity contribution in [3.05, 3.63) is 74.5 Å². The van der Waals surface area contributed by atoms with E-state index in [1.165, 1.54) is 23.8 Å². The molecule has 0 bridgehead atoms. The molecule has 0 amide bonds. The minimum Gasteiger partial charge on any atom is -0.465 e. The van der Waals surface area contributed by atoms with Crippen molar-refractivity contribution in [2.24, 2.45) is 5.73 Å². The zero-order valence-electron chi connectivity index (χ0n) is 17.1. The van der Waals surface area contributed by atoms with Crippen molar-refractivity contribution in [2.75, 3.05) is 20.8 Å². The topological polar surface area (TPSA) is 92.8 Å². The van der Waals surface area contributed by atoms with E-state index in [1.54, 1.807) is 13.0 Å². The smallest absolute Gasteiger partial charge is 0.416 e. The number of halogens is 3. The van der Waals surface area contributed by atoms with Crippen molar-refractivity contribution < 1.29 is 32.2 Å². The fourth-order valence-corrected chi connectivity index (χ4v) is 3.55. The lowest BCUT2D eigenvalue weighted by atomic mass is 9.83. The maximum absolute atomic E-state index is 13.3. The molecule has 2 N–H and O–H groups in total. The molecule has 10 heteroatoms. The summed E-state index contributed by atoms with van der Waals surface area (Å²) in [5.41, 5.74) is 5.39. The molecule has 0 aliphatic carbocycles. The van der Waals surface area contributed by atoms with Crippen LogP contribution in [0.25, 0.3) is 0 Å². The Morgan fingerprint density at radius 1 is 1.23 bits per heavy atom. The molecule has 1 atom stereocenters. The molecule has 0 spiro atoms. The Kier molecular flexibility index (Phi) is 6.12. The van der Waals surface area contributed by atoms with Crippen LogP contribution in [0.2, 0.25) is 0 Å². The minimum atomic E-state index is -4.53. The third-order valence-corrected chi connectivity index (χ3v) is 5.07. The summed E-state index contributed by atoms with van der Waals surface area (Å²) in [6, 6.07) is 5.76. The fraction of sp³-hybridized carbons (Fsp3) is 0.333. The Morgan fingerprint density at radius 3 is 2.42 bits per heavy atom. The van der Waals surface area contributed by atoms with Gasteiger partial charge < -0.3 is 24.5 Å². The van der Waals surface area contributed by atoms with Gasteiger partial charge in [-0.05, 0) is 24.6 Å². The number of hydrogen-bond donors (Lipinski definition) is 1. The van der Waals surface area contributed by atoms with Gasteiger partial charge in [-0.2, -0.15) is 13.2 Å². The summed E-state index contributed by atoms with van der Waals surface area (Å²) >= 11 is 0. The molecule has 0 saturated carbocycles. The summed E-state index contributed by atoms with van der Waals surface area (Å²) in [5.74, 6) is -2.07. The Labute approximate surface area is 175 Å². The predicted octanol–water partition coefficient (Wildman–Crippen LogP) is 2.69. The van der Waals surface area contributed by atoms with E-state index >= 15 is 0 Å². The van der Waals surface area contributed by atoms with Crippen LogP contribution in [0.15, 0.2) is 46.6 Å². The molecule has 166 valence electrons. The van der Waals surface area contributed by atoms with E-state index in [9.17, 15) is 22.8 Å². The van der Waals surface area contributed by atoms with Gasteiger partial charge in [0.1, 0.15) is 11.3 Å². The molecule has 0 fully saturated rings. The third-order valence-electron chi connectivity index (χ3n) is 5.07. The summed E-state index contributed by atoms with van der Waals surface area (Å²) in [6.07, 6.45) is -4.53. The number of carbonyl (C=O) groups excluding carboxylic acids is 1. The SMILES string of the molecule is COCCn1c(C)cc2c(c1=O)C(c1ccc(C(F)(F)F)cc1)C(C(=O)OC)=C(N)O2. The molecular formula is C21H21F3N2O5. The van der Waals surface area contributed by atoms with Crippen molar-refractivity contribution in [3.8, 4) is 5.75 Å². The first kappa shape index (κ1) is 22.4. The molecule has 1 aromatic heterocycles. The van der Waals surface area contributed by atoms with Crippen LogP contribution < -0.4 is 16.0 Å². The quantitative estimate of drug-likeness (QED) is 0.722. The van der Waals surface area contributed by atoms with Gasteiger partial charge in [0.15, 0.2) is 0 Å². The number of hydrogen-bond acceptors (Lipinski definition) is 6. The van der Waals surface area contributed by atoms with E-state index in [0.717, 1.165) is 19.2 Å². The van der Waals surface area contributed by atoms with Crippen molar-refractivity contribution in [2.45, 2.75) is 25.6 Å². The van der Waals surface area contributed by atoms with E-state index in [1.807, 2.05) is 0 Å². The normalized spacial score (nSPS) is 16.0. The summed E-state index contributed by atoms with van der Waals surface area (Å²) < 4.78 is 55.9. The number of alkyl halides is 3. The predicted molar refractivity (Wildman–Crippen MR) is 104 cm³/mol. The van der Waals surface area contributed by atoms with Gasteiger partial charge in [-0.3, -0.25) is 4.79 Å². The van der Waals surface area contributed by atoms with Crippen LogP contribution in [0.1, 0.15) is 28.3 Å². The first-order valence-corrected chi connectivity index (χ1v) is 9.26. The molecule has 0 radical (unpaired) electrons. The Hall–Kier alpha value is -3.27. The lowest BCUT2D eigenvalue weighted by Crippen LogP contribution is -2.35. The second-order valence-electron chi connectivity index (χ2n) is 6.94. The maximum atomic E-state index is 13.3. The number of aryl methyl sites for hydroxylation is 1. The number of ether oxygens (including phenoxy) is 3. The number of nitrogens with two attached hydrogens (primary N) is 1. The number of methoxy groups -OCH3 is 2. The summed E-state index contributed by atoms with van der Waals surface area (Å²) in [5, 5.41) is 0. The maximum Gasteiger partial charge on any atom is 0.416 e. The van der Waals surface area contributed by atoms with Crippen LogP contribution in [-0.4, -0.2) is 31.4 Å². The molecule has 31 heavy (non-hydrogen) atoms. The van der Waals surface area contributed by atoms with E-state index in [4.69, 9.17) is 19.9 Å². The van der Waals surface area contributed by atoms with E-state index in [-0.39, 0.29) is 41.5 Å². The Bertz CT molecular complexity index is 1090. The van der Waals surface area contributed by atoms with Gasteiger partial charge in [0.2, 0.25) is 5.88 Å². The molecule has 3 rings (SSSR count). The zero-order chi connectivity index (χ0) is 22.9. The monoisotopic (exact) mass is 438 g/mol. The van der Waals surface area contributed by atoms with Gasteiger partial charge in [-0.15, -0.1) is 0 Å². The average molecular weight is 438 g/mol. The van der Waals surface area contributed by atoms with E-state index in [0.29, 0.717) is 5.69 Å². The number of esters is 1. The molecule has 2 aromatic rings. The van der Waals surface area contributed by atoms with Gasteiger partial charge in [-0.1, -0.05) is 12.1 Å². The first-order chi connectivity index (χ1) is 14.6. The van der Waals surface area contributed by atoms with Crippen LogP contribution in [0.3, 0.4) is 0 Å². The number of rotatable bonds is 5.